The van der Waals surface area contributed by atoms with E-state index < -0.39 is 163 Å². The van der Waals surface area contributed by atoms with Gasteiger partial charge in [-0.1, -0.05) is 67.5 Å². The van der Waals surface area contributed by atoms with Gasteiger partial charge in [0.1, 0.15) is 54.1 Å². The lowest BCUT2D eigenvalue weighted by molar-refractivity contribution is -0.143. The second-order valence-electron chi connectivity index (χ2n) is 19.2. The van der Waals surface area contributed by atoms with Crippen molar-refractivity contribution in [2.75, 3.05) is 6.54 Å². The van der Waals surface area contributed by atoms with Gasteiger partial charge in [-0.05, 0) is 61.6 Å². The highest BCUT2D eigenvalue weighted by atomic mass is 16.4. The van der Waals surface area contributed by atoms with E-state index in [2.05, 4.69) is 47.9 Å². The first-order chi connectivity index (χ1) is 34.2. The molecule has 10 atom stereocenters. The summed E-state index contributed by atoms with van der Waals surface area (Å²) in [7, 11) is 0. The van der Waals surface area contributed by atoms with E-state index in [9.17, 15) is 83.1 Å². The first-order valence-corrected chi connectivity index (χ1v) is 23.8. The van der Waals surface area contributed by atoms with Crippen LogP contribution in [0, 0.1) is 23.7 Å². The Morgan fingerprint density at radius 2 is 0.919 bits per heavy atom. The van der Waals surface area contributed by atoms with Gasteiger partial charge in [-0.25, -0.2) is 4.79 Å². The summed E-state index contributed by atoms with van der Waals surface area (Å²) in [5.74, 6) is -15.6. The molecule has 0 aliphatic carbocycles. The molecule has 1 aromatic rings. The van der Waals surface area contributed by atoms with Gasteiger partial charge in [0.05, 0.1) is 31.5 Å². The van der Waals surface area contributed by atoms with Crippen molar-refractivity contribution in [1.82, 2.24) is 47.9 Å². The predicted octanol–water partition coefficient (Wildman–Crippen LogP) is -3.29. The number of phenols is 1. The molecule has 0 fully saturated rings. The quantitative estimate of drug-likeness (QED) is 0.0346. The monoisotopic (exact) mass is 1050 g/mol. The van der Waals surface area contributed by atoms with Crippen molar-refractivity contribution in [1.29, 1.82) is 0 Å². The van der Waals surface area contributed by atoms with E-state index in [1.54, 1.807) is 41.5 Å². The number of aliphatic hydroxyl groups is 1. The largest absolute Gasteiger partial charge is 0.508 e. The number of phenolic OH excluding ortho intramolecular Hbond substituents is 1. The first-order valence-electron chi connectivity index (χ1n) is 23.8. The highest BCUT2D eigenvalue weighted by Crippen LogP contribution is 2.13. The van der Waals surface area contributed by atoms with Gasteiger partial charge in [-0.15, -0.1) is 0 Å². The molecule has 0 saturated carbocycles. The van der Waals surface area contributed by atoms with E-state index in [1.807, 2.05) is 0 Å². The highest BCUT2D eigenvalue weighted by Gasteiger charge is 2.37. The number of aliphatic hydroxyl groups excluding tert-OH is 1. The number of carbonyl (C=O) groups excluding carboxylic acids is 9. The van der Waals surface area contributed by atoms with Gasteiger partial charge in [0.15, 0.2) is 0 Å². The summed E-state index contributed by atoms with van der Waals surface area (Å²) >= 11 is 0. The lowest BCUT2D eigenvalue weighted by Crippen LogP contribution is -2.62. The fourth-order valence-corrected chi connectivity index (χ4v) is 6.80. The van der Waals surface area contributed by atoms with Crippen molar-refractivity contribution >= 4 is 71.1 Å². The van der Waals surface area contributed by atoms with Crippen LogP contribution in [0.3, 0.4) is 0 Å². The van der Waals surface area contributed by atoms with Crippen LogP contribution >= 0.6 is 0 Å². The zero-order valence-corrected chi connectivity index (χ0v) is 43.1. The van der Waals surface area contributed by atoms with Crippen LogP contribution in [0.4, 0.5) is 0 Å². The fourth-order valence-electron chi connectivity index (χ4n) is 6.80. The highest BCUT2D eigenvalue weighted by molar-refractivity contribution is 5.99. The molecule has 9 amide bonds. The van der Waals surface area contributed by atoms with Crippen LogP contribution in [-0.2, 0) is 64.0 Å². The summed E-state index contributed by atoms with van der Waals surface area (Å²) in [6, 6.07) is -7.93. The van der Waals surface area contributed by atoms with Gasteiger partial charge >= 0.3 is 17.9 Å². The van der Waals surface area contributed by atoms with Gasteiger partial charge in [0.25, 0.3) is 0 Å². The lowest BCUT2D eigenvalue weighted by Gasteiger charge is -2.30. The van der Waals surface area contributed by atoms with Crippen molar-refractivity contribution in [3.63, 3.8) is 0 Å². The van der Waals surface area contributed by atoms with Crippen LogP contribution < -0.4 is 53.6 Å². The minimum Gasteiger partial charge on any atom is -0.508 e. The molecule has 0 heterocycles. The Morgan fingerprint density at radius 1 is 0.486 bits per heavy atom. The summed E-state index contributed by atoms with van der Waals surface area (Å²) in [6.45, 7) is 14.3. The second-order valence-corrected chi connectivity index (χ2v) is 19.2. The molecule has 16 N–H and O–H groups in total. The van der Waals surface area contributed by atoms with Gasteiger partial charge in [0.2, 0.25) is 53.2 Å². The van der Waals surface area contributed by atoms with E-state index >= 15 is 0 Å². The standard InChI is InChI=1S/C47H74N10O17/c1-20(2)15-28(53-45(71)37(23(7)8)56-46(72)38(25(10)58)57-43(69)35(48)21(3)4)41(67)52-30(18-34(63)64)42(68)55-36(22(5)6)44(70)49-19-32(60)51-29(17-33(61)62)40(66)50-24(9)39(65)54-31(47(73)74)16-26-11-13-27(59)14-12-26/h11-14,20-25,28-31,35-38,58-59H,15-19,48H2,1-10H3,(H,49,70)(H,50,66)(H,51,60)(H,52,67)(H,53,71)(H,54,65)(H,55,68)(H,56,72)(H,57,69)(H,61,62)(H,63,64)(H,73,74)/t24-,25+,28-,29-,30-,31-,35-,36-,37-,38-/m0/s1. The van der Waals surface area contributed by atoms with Crippen LogP contribution in [0.1, 0.15) is 94.1 Å². The minimum absolute atomic E-state index is 0.0597. The zero-order valence-electron chi connectivity index (χ0n) is 43.1. The van der Waals surface area contributed by atoms with Crippen LogP contribution in [0.5, 0.6) is 5.75 Å². The molecule has 74 heavy (non-hydrogen) atoms. The molecule has 414 valence electrons. The van der Waals surface area contributed by atoms with Crippen molar-refractivity contribution < 1.29 is 83.1 Å². The first kappa shape index (κ1) is 64.6. The summed E-state index contributed by atoms with van der Waals surface area (Å²) in [5.41, 5.74) is 6.34. The number of aromatic hydroxyl groups is 1. The Hall–Kier alpha value is -7.42. The normalized spacial score (nSPS) is 15.3. The molecule has 27 heteroatoms. The molecule has 0 spiro atoms. The SMILES string of the molecule is CC(C)C[C@H](NC(=O)[C@@H](NC(=O)[C@@H](NC(=O)[C@@H](N)C(C)C)[C@@H](C)O)C(C)C)C(=O)N[C@@H](CC(=O)O)C(=O)N[C@H](C(=O)NCC(=O)N[C@@H](CC(=O)O)C(=O)N[C@@H](C)C(=O)N[C@@H](Cc1ccc(O)cc1)C(=O)O)C(C)C. The van der Waals surface area contributed by atoms with Gasteiger partial charge < -0.3 is 79.1 Å². The maximum atomic E-state index is 13.8. The van der Waals surface area contributed by atoms with E-state index in [4.69, 9.17) is 5.73 Å². The molecule has 0 aliphatic heterocycles. The molecular formula is C47H74N10O17. The summed E-state index contributed by atoms with van der Waals surface area (Å²) in [6.07, 6.45) is -3.71. The number of carbonyl (C=O) groups is 12. The molecule has 0 aromatic heterocycles. The summed E-state index contributed by atoms with van der Waals surface area (Å²) in [4.78, 5) is 155. The molecule has 0 bridgehead atoms. The number of nitrogens with two attached hydrogens (primary N) is 1. The van der Waals surface area contributed by atoms with Crippen molar-refractivity contribution in [2.24, 2.45) is 29.4 Å². The van der Waals surface area contributed by atoms with E-state index in [1.165, 1.54) is 52.0 Å². The number of amides is 9. The molecule has 0 aliphatic rings. The third kappa shape index (κ3) is 22.6. The Bertz CT molecular complexity index is 2170. The summed E-state index contributed by atoms with van der Waals surface area (Å²) in [5, 5.41) is 69.5. The van der Waals surface area contributed by atoms with Gasteiger partial charge in [-0.2, -0.15) is 0 Å². The van der Waals surface area contributed by atoms with E-state index in [0.29, 0.717) is 5.56 Å². The fraction of sp³-hybridized carbons (Fsp3) is 0.617. The van der Waals surface area contributed by atoms with Crippen molar-refractivity contribution in [2.45, 2.75) is 155 Å². The number of benzene rings is 1. The second kappa shape index (κ2) is 30.6. The van der Waals surface area contributed by atoms with Gasteiger partial charge in [-0.3, -0.25) is 52.7 Å². The molecule has 1 rings (SSSR count). The molecule has 27 nitrogen and oxygen atoms in total. The third-order valence-corrected chi connectivity index (χ3v) is 11.1. The minimum atomic E-state index is -1.86. The van der Waals surface area contributed by atoms with Crippen LogP contribution in [0.25, 0.3) is 0 Å². The number of carboxylic acids is 3. The van der Waals surface area contributed by atoms with E-state index in [0.717, 1.165) is 0 Å². The van der Waals surface area contributed by atoms with Crippen LogP contribution in [0.15, 0.2) is 24.3 Å². The number of rotatable bonds is 31. The molecule has 0 saturated heterocycles. The Labute approximate surface area is 428 Å². The number of hydrogen-bond acceptors (Lipinski definition) is 15. The average Bonchev–Trinajstić information content (AvgIpc) is 3.28. The summed E-state index contributed by atoms with van der Waals surface area (Å²) < 4.78 is 0. The average molecular weight is 1050 g/mol. The molecule has 1 aromatic carbocycles. The molecule has 0 radical (unpaired) electrons. The number of carboxylic acid groups (broad SMARTS) is 3. The Balaban J connectivity index is 3.15. The topological polar surface area (TPSA) is 440 Å². The smallest absolute Gasteiger partial charge is 0.326 e. The third-order valence-electron chi connectivity index (χ3n) is 11.1. The number of hydrogen-bond donors (Lipinski definition) is 15. The van der Waals surface area contributed by atoms with Crippen LogP contribution in [0.2, 0.25) is 0 Å². The maximum Gasteiger partial charge on any atom is 0.326 e. The van der Waals surface area contributed by atoms with Crippen molar-refractivity contribution in [3.05, 3.63) is 29.8 Å². The Kier molecular flexibility index (Phi) is 26.7. The number of aliphatic carboxylic acids is 3. The zero-order chi connectivity index (χ0) is 56.9. The molecular weight excluding hydrogens is 977 g/mol. The number of nitrogens with one attached hydrogen (secondary N) is 9. The Morgan fingerprint density at radius 3 is 1.39 bits per heavy atom. The van der Waals surface area contributed by atoms with Crippen molar-refractivity contribution in [3.8, 4) is 5.75 Å². The van der Waals surface area contributed by atoms with Crippen LogP contribution in [-0.4, -0.2) is 164 Å². The maximum absolute atomic E-state index is 13.8. The molecule has 0 unspecified atom stereocenters. The predicted molar refractivity (Wildman–Crippen MR) is 262 cm³/mol. The van der Waals surface area contributed by atoms with Gasteiger partial charge in [0, 0.05) is 6.42 Å². The lowest BCUT2D eigenvalue weighted by atomic mass is 9.98. The van der Waals surface area contributed by atoms with E-state index in [-0.39, 0.29) is 30.4 Å².